The maximum absolute atomic E-state index is 12.9. The fourth-order valence-corrected chi connectivity index (χ4v) is 4.85. The van der Waals surface area contributed by atoms with E-state index in [1.165, 1.54) is 27.4 Å². The summed E-state index contributed by atoms with van der Waals surface area (Å²) in [6.45, 7) is 0.311. The van der Waals surface area contributed by atoms with E-state index < -0.39 is 22.0 Å². The summed E-state index contributed by atoms with van der Waals surface area (Å²) in [5.41, 5.74) is 0.650. The molecule has 1 atom stereocenters. The Bertz CT molecular complexity index is 1070. The van der Waals surface area contributed by atoms with Crippen LogP contribution in [0.4, 0.5) is 5.82 Å². The van der Waals surface area contributed by atoms with E-state index in [-0.39, 0.29) is 4.90 Å². The second-order valence-electron chi connectivity index (χ2n) is 6.32. The number of aromatic nitrogens is 4. The van der Waals surface area contributed by atoms with Gasteiger partial charge in [0.05, 0.1) is 17.3 Å². The molecular weight excluding hydrogens is 380 g/mol. The molecule has 28 heavy (non-hydrogen) atoms. The molecule has 0 radical (unpaired) electrons. The number of nitrogens with zero attached hydrogens (tertiary/aromatic N) is 5. The predicted molar refractivity (Wildman–Crippen MR) is 101 cm³/mol. The van der Waals surface area contributed by atoms with Crippen LogP contribution in [0.25, 0.3) is 5.69 Å². The van der Waals surface area contributed by atoms with Crippen LogP contribution in [0.5, 0.6) is 0 Å². The van der Waals surface area contributed by atoms with E-state index in [4.69, 9.17) is 0 Å². The van der Waals surface area contributed by atoms with Crippen LogP contribution in [-0.4, -0.2) is 51.0 Å². The first-order valence-electron chi connectivity index (χ1n) is 8.74. The summed E-state index contributed by atoms with van der Waals surface area (Å²) in [4.78, 5) is 20.8. The molecule has 3 aromatic rings. The summed E-state index contributed by atoms with van der Waals surface area (Å²) >= 11 is 0. The standard InChI is InChI=1S/C18H18N6O3S/c25-18(21-17-8-10-23(22-17)14-11-19-13-20-12-14)16-7-4-9-24(16)28(26,27)15-5-2-1-3-6-15/h1-3,5-6,8,10-13,16H,4,7,9H2,(H,21,22,25)/t16-/m0/s1. The first-order chi connectivity index (χ1) is 13.6. The maximum Gasteiger partial charge on any atom is 0.244 e. The summed E-state index contributed by atoms with van der Waals surface area (Å²) in [5.74, 6) is -0.0654. The fraction of sp³-hybridized carbons (Fsp3) is 0.222. The van der Waals surface area contributed by atoms with Gasteiger partial charge in [0.15, 0.2) is 5.82 Å². The van der Waals surface area contributed by atoms with Crippen LogP contribution >= 0.6 is 0 Å². The molecule has 0 saturated carbocycles. The van der Waals surface area contributed by atoms with Gasteiger partial charge in [0.2, 0.25) is 15.9 Å². The number of hydrogen-bond donors (Lipinski definition) is 1. The van der Waals surface area contributed by atoms with Crippen LogP contribution in [0.2, 0.25) is 0 Å². The largest absolute Gasteiger partial charge is 0.308 e. The topological polar surface area (TPSA) is 110 Å². The number of nitrogens with one attached hydrogen (secondary N) is 1. The van der Waals surface area contributed by atoms with Gasteiger partial charge in [0.25, 0.3) is 0 Å². The van der Waals surface area contributed by atoms with Gasteiger partial charge in [-0.3, -0.25) is 4.79 Å². The molecule has 1 amide bonds. The van der Waals surface area contributed by atoms with Crippen molar-refractivity contribution in [2.75, 3.05) is 11.9 Å². The van der Waals surface area contributed by atoms with E-state index in [9.17, 15) is 13.2 Å². The van der Waals surface area contributed by atoms with Crippen LogP contribution in [0.1, 0.15) is 12.8 Å². The Labute approximate surface area is 162 Å². The molecule has 2 aromatic heterocycles. The van der Waals surface area contributed by atoms with E-state index in [1.807, 2.05) is 0 Å². The van der Waals surface area contributed by atoms with E-state index in [2.05, 4.69) is 20.4 Å². The highest BCUT2D eigenvalue weighted by Crippen LogP contribution is 2.26. The summed E-state index contributed by atoms with van der Waals surface area (Å²) in [7, 11) is -3.73. The van der Waals surface area contributed by atoms with Gasteiger partial charge < -0.3 is 5.32 Å². The highest BCUT2D eigenvalue weighted by atomic mass is 32.2. The van der Waals surface area contributed by atoms with E-state index in [0.29, 0.717) is 30.9 Å². The third-order valence-electron chi connectivity index (χ3n) is 4.51. The number of anilines is 1. The molecule has 1 fully saturated rings. The average molecular weight is 398 g/mol. The quantitative estimate of drug-likeness (QED) is 0.697. The van der Waals surface area contributed by atoms with Crippen molar-refractivity contribution in [1.82, 2.24) is 24.1 Å². The van der Waals surface area contributed by atoms with E-state index in [1.54, 1.807) is 42.9 Å². The summed E-state index contributed by atoms with van der Waals surface area (Å²) in [6, 6.07) is 9.02. The molecule has 144 valence electrons. The van der Waals surface area contributed by atoms with Gasteiger partial charge in [0.1, 0.15) is 18.1 Å². The van der Waals surface area contributed by atoms with Crippen LogP contribution in [0, 0.1) is 0 Å². The smallest absolute Gasteiger partial charge is 0.244 e. The highest BCUT2D eigenvalue weighted by Gasteiger charge is 2.39. The van der Waals surface area contributed by atoms with Crippen molar-refractivity contribution in [2.24, 2.45) is 0 Å². The SMILES string of the molecule is O=C(Nc1ccn(-c2cncnc2)n1)[C@@H]1CCCN1S(=O)(=O)c1ccccc1. The van der Waals surface area contributed by atoms with Gasteiger partial charge in [-0.2, -0.15) is 4.31 Å². The molecule has 3 heterocycles. The van der Waals surface area contributed by atoms with Gasteiger partial charge in [-0.1, -0.05) is 18.2 Å². The highest BCUT2D eigenvalue weighted by molar-refractivity contribution is 7.89. The van der Waals surface area contributed by atoms with Crippen LogP contribution in [0.15, 0.2) is 66.2 Å². The van der Waals surface area contributed by atoms with Crippen LogP contribution in [-0.2, 0) is 14.8 Å². The van der Waals surface area contributed by atoms with E-state index in [0.717, 1.165) is 0 Å². The number of amides is 1. The lowest BCUT2D eigenvalue weighted by Gasteiger charge is -2.23. The third kappa shape index (κ3) is 3.51. The maximum atomic E-state index is 12.9. The average Bonchev–Trinajstić information content (AvgIpc) is 3.39. The zero-order chi connectivity index (χ0) is 19.6. The molecule has 1 aromatic carbocycles. The Hall–Kier alpha value is -3.11. The Kier molecular flexibility index (Phi) is 4.88. The molecule has 0 spiro atoms. The fourth-order valence-electron chi connectivity index (χ4n) is 3.17. The summed E-state index contributed by atoms with van der Waals surface area (Å²) < 4.78 is 28.6. The number of carbonyl (C=O) groups excluding carboxylic acids is 1. The van der Waals surface area contributed by atoms with Gasteiger partial charge >= 0.3 is 0 Å². The van der Waals surface area contributed by atoms with Crippen molar-refractivity contribution in [1.29, 1.82) is 0 Å². The molecule has 1 N–H and O–H groups in total. The molecule has 0 aliphatic carbocycles. The second kappa shape index (κ2) is 7.49. The molecule has 9 nitrogen and oxygen atoms in total. The van der Waals surface area contributed by atoms with Gasteiger partial charge in [0, 0.05) is 18.8 Å². The number of benzene rings is 1. The monoisotopic (exact) mass is 398 g/mol. The minimum Gasteiger partial charge on any atom is -0.308 e. The summed E-state index contributed by atoms with van der Waals surface area (Å²) in [6.07, 6.45) is 7.36. The summed E-state index contributed by atoms with van der Waals surface area (Å²) in [5, 5.41) is 6.98. The molecule has 0 bridgehead atoms. The van der Waals surface area contributed by atoms with Gasteiger partial charge in [-0.15, -0.1) is 5.10 Å². The molecule has 0 unspecified atom stereocenters. The predicted octanol–water partition coefficient (Wildman–Crippen LogP) is 1.45. The molecule has 1 aliphatic heterocycles. The molecular formula is C18H18N6O3S. The van der Waals surface area contributed by atoms with E-state index >= 15 is 0 Å². The van der Waals surface area contributed by atoms with Gasteiger partial charge in [-0.25, -0.2) is 23.1 Å². The van der Waals surface area contributed by atoms with Crippen molar-refractivity contribution in [3.63, 3.8) is 0 Å². The second-order valence-corrected chi connectivity index (χ2v) is 8.21. The zero-order valence-electron chi connectivity index (χ0n) is 14.8. The third-order valence-corrected chi connectivity index (χ3v) is 6.43. The molecule has 4 rings (SSSR count). The molecule has 1 aliphatic rings. The Morgan fingerprint density at radius 2 is 1.86 bits per heavy atom. The van der Waals surface area contributed by atoms with Gasteiger partial charge in [-0.05, 0) is 25.0 Å². The minimum absolute atomic E-state index is 0.183. The number of carbonyl (C=O) groups is 1. The molecule has 1 saturated heterocycles. The Morgan fingerprint density at radius 1 is 1.11 bits per heavy atom. The zero-order valence-corrected chi connectivity index (χ0v) is 15.7. The van der Waals surface area contributed by atoms with Crippen LogP contribution < -0.4 is 5.32 Å². The Balaban J connectivity index is 1.51. The minimum atomic E-state index is -3.73. The first kappa shape index (κ1) is 18.3. The lowest BCUT2D eigenvalue weighted by molar-refractivity contribution is -0.119. The Morgan fingerprint density at radius 3 is 2.61 bits per heavy atom. The molecule has 10 heteroatoms. The number of hydrogen-bond acceptors (Lipinski definition) is 6. The first-order valence-corrected chi connectivity index (χ1v) is 10.2. The number of rotatable bonds is 5. The number of sulfonamides is 1. The lowest BCUT2D eigenvalue weighted by Crippen LogP contribution is -2.43. The normalized spacial score (nSPS) is 17.5. The van der Waals surface area contributed by atoms with Crippen molar-refractivity contribution in [3.05, 3.63) is 61.3 Å². The van der Waals surface area contributed by atoms with Crippen molar-refractivity contribution < 1.29 is 13.2 Å². The van der Waals surface area contributed by atoms with Crippen LogP contribution in [0.3, 0.4) is 0 Å². The van der Waals surface area contributed by atoms with Crippen molar-refractivity contribution in [2.45, 2.75) is 23.8 Å². The van der Waals surface area contributed by atoms with Crippen molar-refractivity contribution >= 4 is 21.7 Å². The van der Waals surface area contributed by atoms with Crippen molar-refractivity contribution in [3.8, 4) is 5.69 Å². The lowest BCUT2D eigenvalue weighted by atomic mass is 10.2.